The Morgan fingerprint density at radius 2 is 1.52 bits per heavy atom. The second-order valence-electron chi connectivity index (χ2n) is 9.83. The molecule has 4 heteroatoms. The summed E-state index contributed by atoms with van der Waals surface area (Å²) in [5, 5.41) is 10.7. The molecule has 1 aromatic rings. The van der Waals surface area contributed by atoms with Crippen molar-refractivity contribution in [2.75, 3.05) is 0 Å². The van der Waals surface area contributed by atoms with Crippen LogP contribution in [0, 0.1) is 0 Å². The average molecular weight is 377 g/mol. The fraction of sp³-hybridized carbons (Fsp3) is 0.696. The van der Waals surface area contributed by atoms with Crippen LogP contribution in [0.1, 0.15) is 104 Å². The minimum Gasteiger partial charge on any atom is -0.508 e. The molecule has 1 atom stereocenters. The number of ketones is 1. The molecule has 0 bridgehead atoms. The van der Waals surface area contributed by atoms with E-state index in [0.717, 1.165) is 36.0 Å². The highest BCUT2D eigenvalue weighted by Crippen LogP contribution is 2.45. The predicted octanol–water partition coefficient (Wildman–Crippen LogP) is 4.85. The fourth-order valence-electron chi connectivity index (χ4n) is 4.03. The number of rotatable bonds is 7. The number of phenols is 1. The molecule has 0 radical (unpaired) electrons. The molecule has 0 saturated carbocycles. The van der Waals surface area contributed by atoms with Crippen LogP contribution in [0.15, 0.2) is 12.1 Å². The summed E-state index contributed by atoms with van der Waals surface area (Å²) in [6, 6.07) is 3.65. The second-order valence-corrected chi connectivity index (χ2v) is 9.83. The third-order valence-electron chi connectivity index (χ3n) is 5.32. The summed E-state index contributed by atoms with van der Waals surface area (Å²) >= 11 is 0. The topological polar surface area (TPSA) is 89.3 Å². The van der Waals surface area contributed by atoms with E-state index in [0.29, 0.717) is 6.42 Å². The molecular weight excluding hydrogens is 336 g/mol. The molecule has 0 saturated heterocycles. The number of phenolic OH excluding ortho intramolecular Hbond substituents is 1. The number of nitrogens with two attached hydrogens (primary N) is 2. The molecule has 0 spiro atoms. The molecule has 0 fully saturated rings. The molecular formula is C23H40N2O2. The van der Waals surface area contributed by atoms with Crippen LogP contribution < -0.4 is 11.5 Å². The molecule has 5 N–H and O–H groups in total. The van der Waals surface area contributed by atoms with Gasteiger partial charge in [0.1, 0.15) is 11.4 Å². The molecule has 0 aliphatic rings. The van der Waals surface area contributed by atoms with Crippen molar-refractivity contribution in [1.82, 2.24) is 0 Å². The summed E-state index contributed by atoms with van der Waals surface area (Å²) in [7, 11) is 0. The van der Waals surface area contributed by atoms with E-state index in [9.17, 15) is 9.90 Å². The maximum absolute atomic E-state index is 12.6. The maximum Gasteiger partial charge on any atom is 0.167 e. The molecule has 0 aliphatic heterocycles. The van der Waals surface area contributed by atoms with Crippen LogP contribution in [0.3, 0.4) is 0 Å². The van der Waals surface area contributed by atoms with E-state index in [2.05, 4.69) is 48.5 Å². The lowest BCUT2D eigenvalue weighted by Crippen LogP contribution is -2.60. The van der Waals surface area contributed by atoms with Gasteiger partial charge in [0.15, 0.2) is 5.78 Å². The number of unbranched alkanes of at least 4 members (excludes halogenated alkanes) is 1. The first-order chi connectivity index (χ1) is 12.2. The maximum atomic E-state index is 12.6. The van der Waals surface area contributed by atoms with Crippen LogP contribution in [-0.4, -0.2) is 16.6 Å². The minimum atomic E-state index is -1.42. The number of hydrogen-bond acceptors (Lipinski definition) is 4. The summed E-state index contributed by atoms with van der Waals surface area (Å²) in [5.74, 6) is -0.137. The highest BCUT2D eigenvalue weighted by atomic mass is 16.3. The summed E-state index contributed by atoms with van der Waals surface area (Å²) in [6.07, 6.45) is 2.99. The van der Waals surface area contributed by atoms with Gasteiger partial charge in [-0.15, -0.1) is 0 Å². The van der Waals surface area contributed by atoms with Crippen molar-refractivity contribution in [2.45, 2.75) is 103 Å². The van der Waals surface area contributed by atoms with E-state index in [-0.39, 0.29) is 28.3 Å². The van der Waals surface area contributed by atoms with Gasteiger partial charge < -0.3 is 16.6 Å². The van der Waals surface area contributed by atoms with Crippen molar-refractivity contribution in [2.24, 2.45) is 11.5 Å². The molecule has 4 nitrogen and oxygen atoms in total. The number of aromatic hydroxyl groups is 1. The Hall–Kier alpha value is -1.39. The zero-order valence-corrected chi connectivity index (χ0v) is 18.6. The van der Waals surface area contributed by atoms with Crippen LogP contribution in [-0.2, 0) is 15.6 Å². The summed E-state index contributed by atoms with van der Waals surface area (Å²) in [4.78, 5) is 12.6. The first-order valence-corrected chi connectivity index (χ1v) is 10.2. The molecule has 154 valence electrons. The van der Waals surface area contributed by atoms with Gasteiger partial charge in [-0.3, -0.25) is 4.79 Å². The van der Waals surface area contributed by atoms with Crippen LogP contribution in [0.5, 0.6) is 5.75 Å². The number of benzene rings is 1. The van der Waals surface area contributed by atoms with Gasteiger partial charge in [-0.05, 0) is 34.4 Å². The zero-order valence-electron chi connectivity index (χ0n) is 18.6. The third-order valence-corrected chi connectivity index (χ3v) is 5.32. The van der Waals surface area contributed by atoms with Crippen molar-refractivity contribution in [1.29, 1.82) is 0 Å². The highest BCUT2D eigenvalue weighted by Gasteiger charge is 2.41. The van der Waals surface area contributed by atoms with Gasteiger partial charge in [-0.2, -0.15) is 0 Å². The van der Waals surface area contributed by atoms with Crippen molar-refractivity contribution >= 4 is 5.78 Å². The van der Waals surface area contributed by atoms with Crippen molar-refractivity contribution in [3.8, 4) is 5.75 Å². The highest BCUT2D eigenvalue weighted by molar-refractivity contribution is 5.88. The molecule has 1 aromatic carbocycles. The first-order valence-electron chi connectivity index (χ1n) is 10.2. The zero-order chi connectivity index (χ0) is 21.2. The molecule has 0 heterocycles. The first kappa shape index (κ1) is 23.6. The van der Waals surface area contributed by atoms with Gasteiger partial charge in [0.25, 0.3) is 0 Å². The number of hydrogen-bond donors (Lipinski definition) is 3. The van der Waals surface area contributed by atoms with Crippen LogP contribution >= 0.6 is 0 Å². The normalized spacial score (nSPS) is 14.3. The monoisotopic (exact) mass is 376 g/mol. The van der Waals surface area contributed by atoms with Gasteiger partial charge in [-0.25, -0.2) is 0 Å². The summed E-state index contributed by atoms with van der Waals surface area (Å²) in [5.41, 5.74) is 14.0. The van der Waals surface area contributed by atoms with Gasteiger partial charge in [0.05, 0.1) is 0 Å². The van der Waals surface area contributed by atoms with Gasteiger partial charge in [0, 0.05) is 17.9 Å². The largest absolute Gasteiger partial charge is 0.508 e. The SMILES string of the molecule is CCCCC(c1ccc(O)c(C(C)(C)C)c1C(C)(C)C)C(N)(N)C(=O)CC. The number of Topliss-reactive ketones (excluding diaryl/α,β-unsaturated/α-hetero) is 1. The van der Waals surface area contributed by atoms with Gasteiger partial charge in [0.2, 0.25) is 0 Å². The summed E-state index contributed by atoms with van der Waals surface area (Å²) in [6.45, 7) is 16.6. The number of carbonyl (C=O) groups is 1. The lowest BCUT2D eigenvalue weighted by atomic mass is 9.68. The lowest BCUT2D eigenvalue weighted by Gasteiger charge is -2.39. The molecule has 1 rings (SSSR count). The summed E-state index contributed by atoms with van der Waals surface area (Å²) < 4.78 is 0. The van der Waals surface area contributed by atoms with E-state index < -0.39 is 5.66 Å². The smallest absolute Gasteiger partial charge is 0.167 e. The van der Waals surface area contributed by atoms with E-state index in [1.54, 1.807) is 13.0 Å². The lowest BCUT2D eigenvalue weighted by molar-refractivity contribution is -0.124. The van der Waals surface area contributed by atoms with Gasteiger partial charge >= 0.3 is 0 Å². The Labute approximate surface area is 165 Å². The molecule has 27 heavy (non-hydrogen) atoms. The Balaban J connectivity index is 3.85. The van der Waals surface area contributed by atoms with E-state index in [4.69, 9.17) is 11.5 Å². The molecule has 1 unspecified atom stereocenters. The van der Waals surface area contributed by atoms with Crippen molar-refractivity contribution in [3.63, 3.8) is 0 Å². The van der Waals surface area contributed by atoms with Crippen LogP contribution in [0.4, 0.5) is 0 Å². The van der Waals surface area contributed by atoms with Crippen molar-refractivity contribution < 1.29 is 9.90 Å². The third kappa shape index (κ3) is 5.11. The molecule has 0 amide bonds. The standard InChI is InChI=1S/C23H40N2O2/c1-9-11-12-16(23(24,25)18(27)10-2)15-13-14-17(26)20(22(6,7)8)19(15)21(3,4)5/h13-14,16,26H,9-12,24-25H2,1-8H3. The van der Waals surface area contributed by atoms with Crippen LogP contribution in [0.25, 0.3) is 0 Å². The Kier molecular flexibility index (Phi) is 7.29. The Morgan fingerprint density at radius 3 is 1.93 bits per heavy atom. The van der Waals surface area contributed by atoms with Crippen LogP contribution in [0.2, 0.25) is 0 Å². The Bertz CT molecular complexity index is 664. The number of carbonyl (C=O) groups excluding carboxylic acids is 1. The van der Waals surface area contributed by atoms with Crippen molar-refractivity contribution in [3.05, 3.63) is 28.8 Å². The van der Waals surface area contributed by atoms with Gasteiger partial charge in [-0.1, -0.05) is 74.3 Å². The predicted molar refractivity (Wildman–Crippen MR) is 114 cm³/mol. The average Bonchev–Trinajstić information content (AvgIpc) is 2.52. The van der Waals surface area contributed by atoms with E-state index >= 15 is 0 Å². The minimum absolute atomic E-state index is 0.131. The van der Waals surface area contributed by atoms with E-state index in [1.807, 2.05) is 6.07 Å². The Morgan fingerprint density at radius 1 is 1.00 bits per heavy atom. The fourth-order valence-corrected chi connectivity index (χ4v) is 4.03. The second kappa shape index (κ2) is 8.32. The van der Waals surface area contributed by atoms with E-state index in [1.165, 1.54) is 0 Å². The quantitative estimate of drug-likeness (QED) is 0.593. The molecule has 0 aliphatic carbocycles. The molecule has 0 aromatic heterocycles.